The van der Waals surface area contributed by atoms with E-state index in [-0.39, 0.29) is 29.8 Å². The molecule has 0 bridgehead atoms. The number of carbonyl (C=O) groups excluding carboxylic acids is 1. The van der Waals surface area contributed by atoms with Gasteiger partial charge in [-0.1, -0.05) is 12.1 Å². The van der Waals surface area contributed by atoms with Crippen LogP contribution in [0.1, 0.15) is 27.4 Å². The molecule has 1 unspecified atom stereocenters. The molecule has 0 aliphatic carbocycles. The van der Waals surface area contributed by atoms with Gasteiger partial charge in [-0.3, -0.25) is 4.79 Å². The maximum Gasteiger partial charge on any atom is 0.177 e. The summed E-state index contributed by atoms with van der Waals surface area (Å²) < 4.78 is 5.61. The molecular weight excluding hydrogens is 320 g/mol. The molecule has 3 aromatic rings. The number of rotatable bonds is 1. The smallest absolute Gasteiger partial charge is 0.177 e. The molecule has 0 radical (unpaired) electrons. The predicted molar refractivity (Wildman–Crippen MR) is 92.1 cm³/mol. The van der Waals surface area contributed by atoms with Gasteiger partial charge in [0.05, 0.1) is 17.8 Å². The fourth-order valence-corrected chi connectivity index (χ4v) is 2.76. The van der Waals surface area contributed by atoms with Crippen LogP contribution < -0.4 is 4.74 Å². The van der Waals surface area contributed by atoms with Crippen molar-refractivity contribution in [1.29, 1.82) is 0 Å². The molecule has 0 amide bonds. The van der Waals surface area contributed by atoms with E-state index in [4.69, 9.17) is 4.74 Å². The SMILES string of the molecule is Cc1cc(O)cc2c1C(=O)C(c1ccc(O)cc1)CO2.c1c[nH]cn1. The summed E-state index contributed by atoms with van der Waals surface area (Å²) in [6.07, 6.45) is 5.08. The zero-order valence-corrected chi connectivity index (χ0v) is 13.6. The zero-order chi connectivity index (χ0) is 17.8. The quantitative estimate of drug-likeness (QED) is 0.633. The first-order valence-corrected chi connectivity index (χ1v) is 7.78. The summed E-state index contributed by atoms with van der Waals surface area (Å²) in [4.78, 5) is 19.0. The third-order valence-electron chi connectivity index (χ3n) is 3.95. The molecular formula is C19H18N2O4. The molecule has 6 nitrogen and oxygen atoms in total. The van der Waals surface area contributed by atoms with Crippen molar-refractivity contribution in [1.82, 2.24) is 9.97 Å². The number of aryl methyl sites for hydroxylation is 1. The molecule has 1 aromatic heterocycles. The Morgan fingerprint density at radius 3 is 2.52 bits per heavy atom. The van der Waals surface area contributed by atoms with E-state index < -0.39 is 0 Å². The number of ether oxygens (including phenoxy) is 1. The number of benzene rings is 2. The van der Waals surface area contributed by atoms with Crippen molar-refractivity contribution in [2.45, 2.75) is 12.8 Å². The Morgan fingerprint density at radius 1 is 1.16 bits per heavy atom. The number of carbonyl (C=O) groups is 1. The lowest BCUT2D eigenvalue weighted by Crippen LogP contribution is -2.26. The van der Waals surface area contributed by atoms with Crippen LogP contribution in [-0.4, -0.2) is 32.6 Å². The molecule has 3 N–H and O–H groups in total. The Bertz CT molecular complexity index is 841. The predicted octanol–water partition coefficient (Wildman–Crippen LogP) is 3.17. The maximum atomic E-state index is 12.6. The summed E-state index contributed by atoms with van der Waals surface area (Å²) in [5.41, 5.74) is 2.03. The number of hydrogen-bond acceptors (Lipinski definition) is 5. The number of H-pyrrole nitrogens is 1. The van der Waals surface area contributed by atoms with Crippen LogP contribution in [0.5, 0.6) is 17.2 Å². The third-order valence-corrected chi connectivity index (χ3v) is 3.95. The Balaban J connectivity index is 0.000000314. The van der Waals surface area contributed by atoms with E-state index in [9.17, 15) is 15.0 Å². The molecule has 2 heterocycles. The topological polar surface area (TPSA) is 95.4 Å². The van der Waals surface area contributed by atoms with Crippen molar-refractivity contribution in [3.8, 4) is 17.2 Å². The highest BCUT2D eigenvalue weighted by molar-refractivity contribution is 6.05. The summed E-state index contributed by atoms with van der Waals surface area (Å²) in [5, 5.41) is 18.9. The number of hydrogen-bond donors (Lipinski definition) is 3. The maximum absolute atomic E-state index is 12.6. The van der Waals surface area contributed by atoms with Crippen LogP contribution in [0.4, 0.5) is 0 Å². The number of aromatic hydroxyl groups is 2. The highest BCUT2D eigenvalue weighted by Crippen LogP contribution is 2.37. The molecule has 1 aliphatic heterocycles. The van der Waals surface area contributed by atoms with Crippen molar-refractivity contribution in [2.24, 2.45) is 0 Å². The molecule has 0 spiro atoms. The molecule has 1 atom stereocenters. The number of phenolic OH excluding ortho intramolecular Hbond substituents is 2. The van der Waals surface area contributed by atoms with Crippen LogP contribution >= 0.6 is 0 Å². The summed E-state index contributed by atoms with van der Waals surface area (Å²) in [6.45, 7) is 2.01. The molecule has 1 aliphatic rings. The number of phenols is 2. The highest BCUT2D eigenvalue weighted by Gasteiger charge is 2.31. The van der Waals surface area contributed by atoms with Gasteiger partial charge in [-0.25, -0.2) is 4.98 Å². The first-order chi connectivity index (χ1) is 12.1. The third kappa shape index (κ3) is 3.63. The Morgan fingerprint density at radius 2 is 1.92 bits per heavy atom. The minimum atomic E-state index is -0.383. The van der Waals surface area contributed by atoms with E-state index in [1.807, 2.05) is 0 Å². The van der Waals surface area contributed by atoms with Crippen molar-refractivity contribution in [3.63, 3.8) is 0 Å². The molecule has 2 aromatic carbocycles. The van der Waals surface area contributed by atoms with Gasteiger partial charge in [0.2, 0.25) is 0 Å². The van der Waals surface area contributed by atoms with E-state index in [0.717, 1.165) is 5.56 Å². The van der Waals surface area contributed by atoms with E-state index >= 15 is 0 Å². The number of Topliss-reactive ketones (excluding diaryl/α,β-unsaturated/α-hetero) is 1. The standard InChI is InChI=1S/C16H14O4.C3H4N2/c1-9-6-12(18)7-14-15(9)16(19)13(8-20-14)10-2-4-11(17)5-3-10;1-2-5-3-4-1/h2-7,13,17-18H,8H2,1H3;1-3H,(H,4,5). The number of nitrogens with one attached hydrogen (secondary N) is 1. The van der Waals surface area contributed by atoms with Crippen LogP contribution in [-0.2, 0) is 0 Å². The molecule has 0 fully saturated rings. The lowest BCUT2D eigenvalue weighted by atomic mass is 9.87. The van der Waals surface area contributed by atoms with E-state index in [1.54, 1.807) is 56.0 Å². The van der Waals surface area contributed by atoms with Crippen molar-refractivity contribution in [3.05, 3.63) is 71.8 Å². The van der Waals surface area contributed by atoms with Gasteiger partial charge in [0.1, 0.15) is 23.9 Å². The average Bonchev–Trinajstić information content (AvgIpc) is 3.15. The van der Waals surface area contributed by atoms with Crippen molar-refractivity contribution >= 4 is 5.78 Å². The monoisotopic (exact) mass is 338 g/mol. The zero-order valence-electron chi connectivity index (χ0n) is 13.6. The largest absolute Gasteiger partial charge is 0.508 e. The molecule has 128 valence electrons. The number of ketones is 1. The summed E-state index contributed by atoms with van der Waals surface area (Å²) in [7, 11) is 0. The van der Waals surface area contributed by atoms with Gasteiger partial charge in [0.15, 0.2) is 5.78 Å². The van der Waals surface area contributed by atoms with Gasteiger partial charge in [-0.2, -0.15) is 0 Å². The minimum absolute atomic E-state index is 0.0190. The number of aromatic nitrogens is 2. The van der Waals surface area contributed by atoms with Gasteiger partial charge >= 0.3 is 0 Å². The number of aromatic amines is 1. The van der Waals surface area contributed by atoms with Crippen molar-refractivity contribution in [2.75, 3.05) is 6.61 Å². The summed E-state index contributed by atoms with van der Waals surface area (Å²) in [5.74, 6) is 0.292. The van der Waals surface area contributed by atoms with Crippen molar-refractivity contribution < 1.29 is 19.7 Å². The fraction of sp³-hybridized carbons (Fsp3) is 0.158. The Labute approximate surface area is 144 Å². The normalized spacial score (nSPS) is 15.6. The molecule has 25 heavy (non-hydrogen) atoms. The fourth-order valence-electron chi connectivity index (χ4n) is 2.76. The molecule has 0 saturated carbocycles. The van der Waals surface area contributed by atoms with Gasteiger partial charge in [0.25, 0.3) is 0 Å². The molecule has 4 rings (SSSR count). The van der Waals surface area contributed by atoms with E-state index in [1.165, 1.54) is 6.07 Å². The highest BCUT2D eigenvalue weighted by atomic mass is 16.5. The first-order valence-electron chi connectivity index (χ1n) is 7.78. The lowest BCUT2D eigenvalue weighted by molar-refractivity contribution is 0.0895. The van der Waals surface area contributed by atoms with Crippen LogP contribution in [0.25, 0.3) is 0 Å². The van der Waals surface area contributed by atoms with Gasteiger partial charge in [-0.05, 0) is 36.2 Å². The van der Waals surface area contributed by atoms with Crippen LogP contribution in [0.2, 0.25) is 0 Å². The number of imidazole rings is 1. The number of nitrogens with zero attached hydrogens (tertiary/aromatic N) is 1. The first kappa shape index (κ1) is 16.6. The van der Waals surface area contributed by atoms with Crippen LogP contribution in [0.3, 0.4) is 0 Å². The second-order valence-corrected chi connectivity index (χ2v) is 5.72. The molecule has 6 heteroatoms. The summed E-state index contributed by atoms with van der Waals surface area (Å²) in [6, 6.07) is 9.58. The van der Waals surface area contributed by atoms with E-state index in [2.05, 4.69) is 9.97 Å². The van der Waals surface area contributed by atoms with Gasteiger partial charge in [-0.15, -0.1) is 0 Å². The summed E-state index contributed by atoms with van der Waals surface area (Å²) >= 11 is 0. The molecule has 0 saturated heterocycles. The second kappa shape index (κ2) is 7.09. The Kier molecular flexibility index (Phi) is 4.70. The average molecular weight is 338 g/mol. The lowest BCUT2D eigenvalue weighted by Gasteiger charge is -2.25. The van der Waals surface area contributed by atoms with Gasteiger partial charge in [0, 0.05) is 18.5 Å². The van der Waals surface area contributed by atoms with E-state index in [0.29, 0.717) is 16.9 Å². The minimum Gasteiger partial charge on any atom is -0.508 e. The van der Waals surface area contributed by atoms with Crippen LogP contribution in [0, 0.1) is 6.92 Å². The van der Waals surface area contributed by atoms with Crippen LogP contribution in [0.15, 0.2) is 55.1 Å². The van der Waals surface area contributed by atoms with Gasteiger partial charge < -0.3 is 19.9 Å². The Hall–Kier alpha value is -3.28. The number of fused-ring (bicyclic) bond motifs is 1. The second-order valence-electron chi connectivity index (χ2n) is 5.72.